The van der Waals surface area contributed by atoms with Crippen molar-refractivity contribution in [2.75, 3.05) is 26.2 Å². The van der Waals surface area contributed by atoms with E-state index in [1.165, 1.54) is 4.90 Å². The van der Waals surface area contributed by atoms with Crippen LogP contribution in [0.2, 0.25) is 0 Å². The van der Waals surface area contributed by atoms with Crippen LogP contribution >= 0.6 is 0 Å². The zero-order chi connectivity index (χ0) is 16.1. The lowest BCUT2D eigenvalue weighted by atomic mass is 10.1. The predicted molar refractivity (Wildman–Crippen MR) is 85.1 cm³/mol. The van der Waals surface area contributed by atoms with Gasteiger partial charge >= 0.3 is 6.09 Å². The van der Waals surface area contributed by atoms with Gasteiger partial charge in [-0.25, -0.2) is 9.78 Å². The van der Waals surface area contributed by atoms with Crippen molar-refractivity contribution in [3.63, 3.8) is 0 Å². The maximum absolute atomic E-state index is 11.0. The van der Waals surface area contributed by atoms with Gasteiger partial charge in [0.05, 0.1) is 12.9 Å². The Morgan fingerprint density at radius 1 is 1.39 bits per heavy atom. The molecule has 7 nitrogen and oxygen atoms in total. The summed E-state index contributed by atoms with van der Waals surface area (Å²) in [6.07, 6.45) is 5.29. The van der Waals surface area contributed by atoms with Gasteiger partial charge in [0.1, 0.15) is 5.75 Å². The van der Waals surface area contributed by atoms with E-state index in [1.54, 1.807) is 12.5 Å². The number of imidazole rings is 1. The highest BCUT2D eigenvalue weighted by molar-refractivity contribution is 5.65. The Morgan fingerprint density at radius 3 is 2.91 bits per heavy atom. The van der Waals surface area contributed by atoms with E-state index in [2.05, 4.69) is 10.3 Å². The van der Waals surface area contributed by atoms with E-state index in [0.29, 0.717) is 26.2 Å². The molecule has 0 unspecified atom stereocenters. The Balaban J connectivity index is 1.46. The van der Waals surface area contributed by atoms with Crippen LogP contribution in [0.15, 0.2) is 43.0 Å². The molecular weight excluding hydrogens is 296 g/mol. The molecule has 122 valence electrons. The molecular formula is C16H20N4O3. The lowest BCUT2D eigenvalue weighted by Gasteiger charge is -2.31. The summed E-state index contributed by atoms with van der Waals surface area (Å²) in [6.45, 7) is 2.30. The number of carbonyl (C=O) groups is 1. The Kier molecular flexibility index (Phi) is 4.77. The first kappa shape index (κ1) is 15.4. The number of ether oxygens (including phenoxy) is 1. The van der Waals surface area contributed by atoms with Gasteiger partial charge in [0, 0.05) is 43.8 Å². The van der Waals surface area contributed by atoms with E-state index in [0.717, 1.165) is 17.9 Å². The largest absolute Gasteiger partial charge is 0.494 e. The highest BCUT2D eigenvalue weighted by Crippen LogP contribution is 2.15. The van der Waals surface area contributed by atoms with Crippen LogP contribution < -0.4 is 10.1 Å². The molecule has 0 saturated carbocycles. The molecule has 23 heavy (non-hydrogen) atoms. The van der Waals surface area contributed by atoms with Crippen molar-refractivity contribution in [3.8, 4) is 11.4 Å². The molecule has 1 aliphatic rings. The molecule has 3 rings (SSSR count). The molecule has 2 N–H and O–H groups in total. The minimum Gasteiger partial charge on any atom is -0.494 e. The second kappa shape index (κ2) is 7.15. The molecule has 0 spiro atoms. The molecule has 0 radical (unpaired) electrons. The maximum Gasteiger partial charge on any atom is 0.407 e. The van der Waals surface area contributed by atoms with Crippen molar-refractivity contribution >= 4 is 6.09 Å². The molecule has 0 bridgehead atoms. The third-order valence-corrected chi connectivity index (χ3v) is 3.90. The highest BCUT2D eigenvalue weighted by Gasteiger charge is 2.22. The number of amides is 1. The van der Waals surface area contributed by atoms with Crippen LogP contribution in [-0.2, 0) is 0 Å². The Bertz CT molecular complexity index is 627. The van der Waals surface area contributed by atoms with Gasteiger partial charge in [-0.3, -0.25) is 0 Å². The van der Waals surface area contributed by atoms with Gasteiger partial charge in [-0.05, 0) is 30.7 Å². The second-order valence-corrected chi connectivity index (χ2v) is 5.48. The predicted octanol–water partition coefficient (Wildman–Crippen LogP) is 1.59. The number of benzene rings is 1. The SMILES string of the molecule is O=C(O)N1CCN[C@H](CCOc2ccc(-n3ccnc3)cc2)C1. The van der Waals surface area contributed by atoms with Gasteiger partial charge in [0.25, 0.3) is 0 Å². The molecule has 1 fully saturated rings. The molecule has 1 saturated heterocycles. The lowest BCUT2D eigenvalue weighted by Crippen LogP contribution is -2.52. The van der Waals surface area contributed by atoms with Crippen LogP contribution in [-0.4, -0.2) is 57.9 Å². The molecule has 1 amide bonds. The summed E-state index contributed by atoms with van der Waals surface area (Å²) in [6, 6.07) is 7.94. The number of rotatable bonds is 5. The molecule has 1 aliphatic heterocycles. The number of nitrogens with zero attached hydrogens (tertiary/aromatic N) is 3. The number of hydrogen-bond donors (Lipinski definition) is 2. The number of carboxylic acid groups (broad SMARTS) is 1. The zero-order valence-corrected chi connectivity index (χ0v) is 12.8. The first-order valence-corrected chi connectivity index (χ1v) is 7.65. The second-order valence-electron chi connectivity index (χ2n) is 5.48. The van der Waals surface area contributed by atoms with Crippen LogP contribution in [0.3, 0.4) is 0 Å². The molecule has 1 atom stereocenters. The fraction of sp³-hybridized carbons (Fsp3) is 0.375. The van der Waals surface area contributed by atoms with Crippen LogP contribution in [0, 0.1) is 0 Å². The summed E-state index contributed by atoms with van der Waals surface area (Å²) in [5.41, 5.74) is 1.03. The van der Waals surface area contributed by atoms with Gasteiger partial charge in [-0.15, -0.1) is 0 Å². The topological polar surface area (TPSA) is 79.6 Å². The maximum atomic E-state index is 11.0. The van der Waals surface area contributed by atoms with Gasteiger partial charge < -0.3 is 24.6 Å². The van der Waals surface area contributed by atoms with Crippen molar-refractivity contribution in [3.05, 3.63) is 43.0 Å². The highest BCUT2D eigenvalue weighted by atomic mass is 16.5. The minimum absolute atomic E-state index is 0.144. The lowest BCUT2D eigenvalue weighted by molar-refractivity contribution is 0.124. The summed E-state index contributed by atoms with van der Waals surface area (Å²) >= 11 is 0. The molecule has 7 heteroatoms. The zero-order valence-electron chi connectivity index (χ0n) is 12.8. The van der Waals surface area contributed by atoms with Crippen molar-refractivity contribution in [2.45, 2.75) is 12.5 Å². The van der Waals surface area contributed by atoms with Crippen molar-refractivity contribution < 1.29 is 14.6 Å². The van der Waals surface area contributed by atoms with E-state index in [-0.39, 0.29) is 6.04 Å². The number of aromatic nitrogens is 2. The van der Waals surface area contributed by atoms with E-state index in [4.69, 9.17) is 9.84 Å². The first-order valence-electron chi connectivity index (χ1n) is 7.65. The van der Waals surface area contributed by atoms with E-state index in [1.807, 2.05) is 35.0 Å². The monoisotopic (exact) mass is 316 g/mol. The summed E-state index contributed by atoms with van der Waals surface area (Å²) in [7, 11) is 0. The van der Waals surface area contributed by atoms with Crippen molar-refractivity contribution in [1.82, 2.24) is 19.8 Å². The van der Waals surface area contributed by atoms with Crippen LogP contribution in [0.5, 0.6) is 5.75 Å². The average molecular weight is 316 g/mol. The third kappa shape index (κ3) is 4.01. The molecule has 1 aromatic heterocycles. The molecule has 2 heterocycles. The van der Waals surface area contributed by atoms with Crippen LogP contribution in [0.25, 0.3) is 5.69 Å². The number of nitrogens with one attached hydrogen (secondary N) is 1. The molecule has 1 aromatic carbocycles. The van der Waals surface area contributed by atoms with Crippen molar-refractivity contribution in [2.24, 2.45) is 0 Å². The van der Waals surface area contributed by atoms with E-state index >= 15 is 0 Å². The Labute approximate surface area is 134 Å². The van der Waals surface area contributed by atoms with E-state index < -0.39 is 6.09 Å². The quantitative estimate of drug-likeness (QED) is 0.876. The average Bonchev–Trinajstić information content (AvgIpc) is 3.10. The van der Waals surface area contributed by atoms with Gasteiger partial charge in [0.2, 0.25) is 0 Å². The number of piperazine rings is 1. The van der Waals surface area contributed by atoms with Gasteiger partial charge in [-0.1, -0.05) is 0 Å². The normalized spacial score (nSPS) is 17.9. The number of hydrogen-bond acceptors (Lipinski definition) is 4. The van der Waals surface area contributed by atoms with Crippen LogP contribution in [0.1, 0.15) is 6.42 Å². The summed E-state index contributed by atoms with van der Waals surface area (Å²) in [5.74, 6) is 0.805. The van der Waals surface area contributed by atoms with E-state index in [9.17, 15) is 4.79 Å². The smallest absolute Gasteiger partial charge is 0.407 e. The first-order chi connectivity index (χ1) is 11.2. The Hall–Kier alpha value is -2.54. The van der Waals surface area contributed by atoms with Crippen LogP contribution in [0.4, 0.5) is 4.79 Å². The minimum atomic E-state index is -0.854. The molecule has 0 aliphatic carbocycles. The van der Waals surface area contributed by atoms with Crippen molar-refractivity contribution in [1.29, 1.82) is 0 Å². The third-order valence-electron chi connectivity index (χ3n) is 3.90. The Morgan fingerprint density at radius 2 is 2.22 bits per heavy atom. The fourth-order valence-electron chi connectivity index (χ4n) is 2.64. The summed E-state index contributed by atoms with van der Waals surface area (Å²) < 4.78 is 7.67. The summed E-state index contributed by atoms with van der Waals surface area (Å²) in [5, 5.41) is 12.3. The van der Waals surface area contributed by atoms with Gasteiger partial charge in [-0.2, -0.15) is 0 Å². The molecule has 2 aromatic rings. The van der Waals surface area contributed by atoms with Gasteiger partial charge in [0.15, 0.2) is 0 Å². The fourth-order valence-corrected chi connectivity index (χ4v) is 2.64. The summed E-state index contributed by atoms with van der Waals surface area (Å²) in [4.78, 5) is 16.5. The standard InChI is InChI=1S/C16H20N4O3/c21-16(22)19-9-7-18-13(11-19)5-10-23-15-3-1-14(2-4-15)20-8-6-17-12-20/h1-4,6,8,12-13,18H,5,7,9-11H2,(H,21,22)/t13-/m1/s1.